The molecule has 1 heterocycles. The van der Waals surface area contributed by atoms with Crippen LogP contribution in [0.1, 0.15) is 30.4 Å². The normalized spacial score (nSPS) is 17.2. The molecule has 1 unspecified atom stereocenters. The Morgan fingerprint density at radius 1 is 1.29 bits per heavy atom. The molecule has 6 heteroatoms. The Hall–Kier alpha value is -2.91. The lowest BCUT2D eigenvalue weighted by molar-refractivity contribution is -0.132. The lowest BCUT2D eigenvalue weighted by atomic mass is 10.0. The molecule has 1 fully saturated rings. The Balaban J connectivity index is 1.52. The number of nitrogens with two attached hydrogens (primary N) is 1. The summed E-state index contributed by atoms with van der Waals surface area (Å²) in [5.41, 5.74) is 7.22. The number of rotatable bonds is 7. The van der Waals surface area contributed by atoms with Crippen molar-refractivity contribution >= 4 is 5.91 Å². The molecule has 1 saturated heterocycles. The highest BCUT2D eigenvalue weighted by atomic mass is 19.1. The molecule has 2 N–H and O–H groups in total. The van der Waals surface area contributed by atoms with Crippen LogP contribution >= 0.6 is 0 Å². The van der Waals surface area contributed by atoms with Crippen LogP contribution in [0.25, 0.3) is 0 Å². The van der Waals surface area contributed by atoms with Gasteiger partial charge in [-0.3, -0.25) is 4.79 Å². The number of carbonyl (C=O) groups is 1. The van der Waals surface area contributed by atoms with Crippen LogP contribution in [-0.4, -0.2) is 36.0 Å². The van der Waals surface area contributed by atoms with Crippen LogP contribution in [0.3, 0.4) is 0 Å². The van der Waals surface area contributed by atoms with Crippen molar-refractivity contribution in [2.24, 2.45) is 5.73 Å². The number of benzene rings is 2. The summed E-state index contributed by atoms with van der Waals surface area (Å²) in [6, 6.07) is 15.1. The molecule has 1 amide bonds. The van der Waals surface area contributed by atoms with Gasteiger partial charge in [0.25, 0.3) is 0 Å². The molecule has 1 aliphatic rings. The third-order valence-electron chi connectivity index (χ3n) is 5.00. The van der Waals surface area contributed by atoms with Crippen molar-refractivity contribution in [3.63, 3.8) is 0 Å². The fourth-order valence-corrected chi connectivity index (χ4v) is 3.52. The zero-order valence-corrected chi connectivity index (χ0v) is 15.7. The maximum atomic E-state index is 13.8. The molecule has 2 atom stereocenters. The Morgan fingerprint density at radius 2 is 2.04 bits per heavy atom. The number of nitriles is 1. The van der Waals surface area contributed by atoms with Gasteiger partial charge < -0.3 is 15.4 Å². The number of ether oxygens (including phenoxy) is 1. The summed E-state index contributed by atoms with van der Waals surface area (Å²) in [5, 5.41) is 8.84. The fraction of sp³-hybridized carbons (Fsp3) is 0.364. The van der Waals surface area contributed by atoms with Crippen molar-refractivity contribution < 1.29 is 13.9 Å². The van der Waals surface area contributed by atoms with Crippen molar-refractivity contribution in [1.82, 2.24) is 4.90 Å². The minimum atomic E-state index is -0.426. The molecule has 0 spiro atoms. The van der Waals surface area contributed by atoms with E-state index in [1.807, 2.05) is 4.90 Å². The summed E-state index contributed by atoms with van der Waals surface area (Å²) in [6.45, 7) is 1.09. The van der Waals surface area contributed by atoms with Gasteiger partial charge in [-0.05, 0) is 55.2 Å². The third-order valence-corrected chi connectivity index (χ3v) is 5.00. The zero-order chi connectivity index (χ0) is 19.9. The van der Waals surface area contributed by atoms with Gasteiger partial charge in [-0.2, -0.15) is 5.26 Å². The second-order valence-electron chi connectivity index (χ2n) is 7.09. The molecular weight excluding hydrogens is 357 g/mol. The molecule has 1 aliphatic heterocycles. The number of amides is 1. The SMILES string of the molecule is N#Cc1ccc(OC[C@@H]2CCCN2C(=O)CC(N)Cc2ccccc2F)cc1. The number of hydrogen-bond acceptors (Lipinski definition) is 4. The molecule has 0 bridgehead atoms. The first-order chi connectivity index (χ1) is 13.6. The summed E-state index contributed by atoms with van der Waals surface area (Å²) in [5.74, 6) is 0.365. The van der Waals surface area contributed by atoms with Crippen LogP contribution in [0.5, 0.6) is 5.75 Å². The van der Waals surface area contributed by atoms with Crippen molar-refractivity contribution in [2.45, 2.75) is 37.8 Å². The summed E-state index contributed by atoms with van der Waals surface area (Å²) in [4.78, 5) is 14.5. The summed E-state index contributed by atoms with van der Waals surface area (Å²) < 4.78 is 19.6. The molecule has 0 aromatic heterocycles. The van der Waals surface area contributed by atoms with E-state index in [4.69, 9.17) is 15.7 Å². The van der Waals surface area contributed by atoms with Crippen molar-refractivity contribution in [2.75, 3.05) is 13.2 Å². The van der Waals surface area contributed by atoms with Crippen LogP contribution in [0.2, 0.25) is 0 Å². The number of hydrogen-bond donors (Lipinski definition) is 1. The quantitative estimate of drug-likeness (QED) is 0.800. The molecule has 28 heavy (non-hydrogen) atoms. The largest absolute Gasteiger partial charge is 0.491 e. The zero-order valence-electron chi connectivity index (χ0n) is 15.7. The molecule has 3 rings (SSSR count). The van der Waals surface area contributed by atoms with Gasteiger partial charge >= 0.3 is 0 Å². The van der Waals surface area contributed by atoms with E-state index in [0.717, 1.165) is 12.8 Å². The van der Waals surface area contributed by atoms with Gasteiger partial charge in [0.05, 0.1) is 17.7 Å². The molecule has 0 aliphatic carbocycles. The van der Waals surface area contributed by atoms with Gasteiger partial charge in [-0.15, -0.1) is 0 Å². The van der Waals surface area contributed by atoms with Crippen LogP contribution in [0.4, 0.5) is 4.39 Å². The molecule has 2 aromatic carbocycles. The van der Waals surface area contributed by atoms with E-state index in [0.29, 0.717) is 36.4 Å². The van der Waals surface area contributed by atoms with Gasteiger partial charge in [0.15, 0.2) is 0 Å². The highest BCUT2D eigenvalue weighted by molar-refractivity contribution is 5.77. The van der Waals surface area contributed by atoms with Crippen molar-refractivity contribution in [3.8, 4) is 11.8 Å². The van der Waals surface area contributed by atoms with E-state index in [1.165, 1.54) is 6.07 Å². The van der Waals surface area contributed by atoms with Crippen LogP contribution in [0, 0.1) is 17.1 Å². The minimum absolute atomic E-state index is 0.00352. The van der Waals surface area contributed by atoms with Crippen molar-refractivity contribution in [3.05, 3.63) is 65.5 Å². The van der Waals surface area contributed by atoms with E-state index in [-0.39, 0.29) is 24.2 Å². The summed E-state index contributed by atoms with van der Waals surface area (Å²) in [6.07, 6.45) is 2.32. The maximum absolute atomic E-state index is 13.8. The number of nitrogens with zero attached hydrogens (tertiary/aromatic N) is 2. The standard InChI is InChI=1S/C22H24FN3O2/c23-21-6-2-1-4-17(21)12-18(25)13-22(27)26-11-3-5-19(26)15-28-20-9-7-16(14-24)8-10-20/h1-2,4,6-10,18-19H,3,5,11-13,15,25H2/t18?,19-/m0/s1. The van der Waals surface area contributed by atoms with Gasteiger partial charge in [0.2, 0.25) is 5.91 Å². The summed E-state index contributed by atoms with van der Waals surface area (Å²) in [7, 11) is 0. The first-order valence-corrected chi connectivity index (χ1v) is 9.48. The molecule has 0 radical (unpaired) electrons. The Morgan fingerprint density at radius 3 is 2.75 bits per heavy atom. The second kappa shape index (κ2) is 9.34. The average molecular weight is 381 g/mol. The van der Waals surface area contributed by atoms with Gasteiger partial charge in [0, 0.05) is 19.0 Å². The molecule has 5 nitrogen and oxygen atoms in total. The monoisotopic (exact) mass is 381 g/mol. The smallest absolute Gasteiger partial charge is 0.224 e. The molecule has 2 aromatic rings. The lowest BCUT2D eigenvalue weighted by Crippen LogP contribution is -2.42. The predicted molar refractivity (Wildman–Crippen MR) is 104 cm³/mol. The second-order valence-corrected chi connectivity index (χ2v) is 7.09. The highest BCUT2D eigenvalue weighted by Gasteiger charge is 2.30. The topological polar surface area (TPSA) is 79.3 Å². The highest BCUT2D eigenvalue weighted by Crippen LogP contribution is 2.21. The van der Waals surface area contributed by atoms with Gasteiger partial charge in [-0.25, -0.2) is 4.39 Å². The first kappa shape index (κ1) is 19.8. The van der Waals surface area contributed by atoms with Crippen LogP contribution < -0.4 is 10.5 Å². The lowest BCUT2D eigenvalue weighted by Gasteiger charge is -2.26. The Kier molecular flexibility index (Phi) is 6.62. The van der Waals surface area contributed by atoms with E-state index < -0.39 is 6.04 Å². The number of carbonyl (C=O) groups excluding carboxylic acids is 1. The van der Waals surface area contributed by atoms with E-state index >= 15 is 0 Å². The molecule has 146 valence electrons. The Labute approximate surface area is 164 Å². The van der Waals surface area contributed by atoms with Crippen molar-refractivity contribution in [1.29, 1.82) is 5.26 Å². The fourth-order valence-electron chi connectivity index (χ4n) is 3.52. The summed E-state index contributed by atoms with van der Waals surface area (Å²) >= 11 is 0. The van der Waals surface area contributed by atoms with E-state index in [2.05, 4.69) is 6.07 Å². The van der Waals surface area contributed by atoms with E-state index in [9.17, 15) is 9.18 Å². The van der Waals surface area contributed by atoms with Gasteiger partial charge in [-0.1, -0.05) is 18.2 Å². The molecular formula is C22H24FN3O2. The molecule has 0 saturated carbocycles. The third kappa shape index (κ3) is 5.08. The van der Waals surface area contributed by atoms with Gasteiger partial charge in [0.1, 0.15) is 18.2 Å². The van der Waals surface area contributed by atoms with E-state index in [1.54, 1.807) is 42.5 Å². The Bertz CT molecular complexity index is 848. The number of halogens is 1. The van der Waals surface area contributed by atoms with Crippen LogP contribution in [-0.2, 0) is 11.2 Å². The maximum Gasteiger partial charge on any atom is 0.224 e. The first-order valence-electron chi connectivity index (χ1n) is 9.48. The number of likely N-dealkylation sites (tertiary alicyclic amines) is 1. The average Bonchev–Trinajstić information content (AvgIpc) is 3.17. The van der Waals surface area contributed by atoms with Crippen LogP contribution in [0.15, 0.2) is 48.5 Å². The predicted octanol–water partition coefficient (Wildman–Crippen LogP) is 3.03. The minimum Gasteiger partial charge on any atom is -0.491 e.